The van der Waals surface area contributed by atoms with E-state index in [1.807, 2.05) is 60.8 Å². The first kappa shape index (κ1) is 17.0. The number of anilines is 1. The van der Waals surface area contributed by atoms with Crippen LogP contribution in [0.3, 0.4) is 0 Å². The zero-order valence-electron chi connectivity index (χ0n) is 15.0. The van der Waals surface area contributed by atoms with Crippen molar-refractivity contribution in [2.75, 3.05) is 5.32 Å². The summed E-state index contributed by atoms with van der Waals surface area (Å²) in [6.45, 7) is 4.02. The Hall–Kier alpha value is -3.47. The van der Waals surface area contributed by atoms with Crippen molar-refractivity contribution in [3.05, 3.63) is 89.4 Å². The number of rotatable bonds is 3. The van der Waals surface area contributed by atoms with Gasteiger partial charge in [-0.1, -0.05) is 29.8 Å². The first-order valence-corrected chi connectivity index (χ1v) is 8.64. The van der Waals surface area contributed by atoms with Gasteiger partial charge in [-0.3, -0.25) is 9.20 Å². The molecule has 0 aliphatic carbocycles. The van der Waals surface area contributed by atoms with Crippen molar-refractivity contribution in [3.63, 3.8) is 0 Å². The summed E-state index contributed by atoms with van der Waals surface area (Å²) in [7, 11) is 0. The molecule has 0 saturated carbocycles. The minimum atomic E-state index is -0.378. The molecule has 1 amide bonds. The van der Waals surface area contributed by atoms with Gasteiger partial charge >= 0.3 is 0 Å². The number of pyridine rings is 1. The smallest absolute Gasteiger partial charge is 0.256 e. The van der Waals surface area contributed by atoms with Crippen molar-refractivity contribution in [2.45, 2.75) is 13.8 Å². The number of imidazole rings is 1. The highest BCUT2D eigenvalue weighted by Crippen LogP contribution is 2.29. The molecule has 4 nitrogen and oxygen atoms in total. The zero-order valence-corrected chi connectivity index (χ0v) is 15.0. The highest BCUT2D eigenvalue weighted by atomic mass is 19.1. The Bertz CT molecular complexity index is 1130. The lowest BCUT2D eigenvalue weighted by molar-refractivity contribution is 0.102. The van der Waals surface area contributed by atoms with E-state index in [1.165, 1.54) is 24.3 Å². The summed E-state index contributed by atoms with van der Waals surface area (Å²) in [5, 5.41) is 2.94. The monoisotopic (exact) mass is 359 g/mol. The standard InChI is InChI=1S/C22H18FN3O/c1-14-3-5-16(6-4-14)20-21(26-12-11-15(2)13-19(26)24-20)25-22(27)17-7-9-18(23)10-8-17/h3-13H,1-2H3,(H,25,27). The molecule has 0 saturated heterocycles. The Balaban J connectivity index is 1.82. The van der Waals surface area contributed by atoms with Gasteiger partial charge in [0.1, 0.15) is 23.0 Å². The van der Waals surface area contributed by atoms with E-state index in [1.54, 1.807) is 0 Å². The lowest BCUT2D eigenvalue weighted by Crippen LogP contribution is -2.14. The fourth-order valence-corrected chi connectivity index (χ4v) is 2.96. The maximum atomic E-state index is 13.1. The van der Waals surface area contributed by atoms with Gasteiger partial charge in [-0.2, -0.15) is 0 Å². The van der Waals surface area contributed by atoms with Gasteiger partial charge in [-0.05, 0) is 55.8 Å². The quantitative estimate of drug-likeness (QED) is 0.559. The van der Waals surface area contributed by atoms with Crippen LogP contribution in [0.2, 0.25) is 0 Å². The molecule has 0 unspecified atom stereocenters. The van der Waals surface area contributed by atoms with Crippen molar-refractivity contribution in [1.82, 2.24) is 9.38 Å². The summed E-state index contributed by atoms with van der Waals surface area (Å²) in [4.78, 5) is 17.4. The fraction of sp³-hybridized carbons (Fsp3) is 0.0909. The van der Waals surface area contributed by atoms with Crippen LogP contribution in [0, 0.1) is 19.7 Å². The third kappa shape index (κ3) is 3.31. The number of benzene rings is 2. The molecule has 2 heterocycles. The summed E-state index contributed by atoms with van der Waals surface area (Å²) in [5.74, 6) is -0.105. The largest absolute Gasteiger partial charge is 0.306 e. The maximum absolute atomic E-state index is 13.1. The minimum absolute atomic E-state index is 0.314. The van der Waals surface area contributed by atoms with Crippen LogP contribution in [0.5, 0.6) is 0 Å². The third-order valence-electron chi connectivity index (χ3n) is 4.44. The molecule has 4 rings (SSSR count). The number of carbonyl (C=O) groups is 1. The van der Waals surface area contributed by atoms with E-state index < -0.39 is 0 Å². The van der Waals surface area contributed by atoms with E-state index in [4.69, 9.17) is 4.98 Å². The Morgan fingerprint density at radius 1 is 0.963 bits per heavy atom. The average molecular weight is 359 g/mol. The summed E-state index contributed by atoms with van der Waals surface area (Å²) in [6.07, 6.45) is 1.88. The van der Waals surface area contributed by atoms with E-state index in [-0.39, 0.29) is 11.7 Å². The topological polar surface area (TPSA) is 46.4 Å². The number of nitrogens with one attached hydrogen (secondary N) is 1. The van der Waals surface area contributed by atoms with Crippen molar-refractivity contribution in [2.24, 2.45) is 0 Å². The fourth-order valence-electron chi connectivity index (χ4n) is 2.96. The maximum Gasteiger partial charge on any atom is 0.256 e. The normalized spacial score (nSPS) is 10.9. The van der Waals surface area contributed by atoms with Gasteiger partial charge in [-0.15, -0.1) is 0 Å². The Kier molecular flexibility index (Phi) is 4.20. The van der Waals surface area contributed by atoms with Gasteiger partial charge < -0.3 is 5.32 Å². The van der Waals surface area contributed by atoms with Crippen LogP contribution in [0.1, 0.15) is 21.5 Å². The van der Waals surface area contributed by atoms with E-state index >= 15 is 0 Å². The molecule has 0 atom stereocenters. The molecule has 2 aromatic heterocycles. The number of fused-ring (bicyclic) bond motifs is 1. The van der Waals surface area contributed by atoms with Crippen LogP contribution in [0.25, 0.3) is 16.9 Å². The van der Waals surface area contributed by atoms with E-state index in [9.17, 15) is 9.18 Å². The highest BCUT2D eigenvalue weighted by Gasteiger charge is 2.17. The molecule has 27 heavy (non-hydrogen) atoms. The molecular weight excluding hydrogens is 341 g/mol. The second-order valence-electron chi connectivity index (χ2n) is 6.57. The van der Waals surface area contributed by atoms with Gasteiger partial charge in [0.15, 0.2) is 0 Å². The third-order valence-corrected chi connectivity index (χ3v) is 4.44. The number of aromatic nitrogens is 2. The number of hydrogen-bond donors (Lipinski definition) is 1. The van der Waals surface area contributed by atoms with Crippen LogP contribution in [-0.2, 0) is 0 Å². The van der Waals surface area contributed by atoms with Crippen molar-refractivity contribution < 1.29 is 9.18 Å². The van der Waals surface area contributed by atoms with Crippen LogP contribution < -0.4 is 5.32 Å². The molecule has 0 radical (unpaired) electrons. The predicted molar refractivity (Wildman–Crippen MR) is 104 cm³/mol. The van der Waals surface area contributed by atoms with Crippen molar-refractivity contribution in [3.8, 4) is 11.3 Å². The zero-order chi connectivity index (χ0) is 19.0. The second-order valence-corrected chi connectivity index (χ2v) is 6.57. The van der Waals surface area contributed by atoms with Crippen LogP contribution in [-0.4, -0.2) is 15.3 Å². The Morgan fingerprint density at radius 3 is 2.37 bits per heavy atom. The number of halogens is 1. The number of amides is 1. The van der Waals surface area contributed by atoms with Crippen LogP contribution >= 0.6 is 0 Å². The number of aryl methyl sites for hydroxylation is 2. The van der Waals surface area contributed by atoms with E-state index in [2.05, 4.69) is 5.32 Å². The summed E-state index contributed by atoms with van der Waals surface area (Å²) in [5.41, 5.74) is 4.97. The molecule has 4 aromatic rings. The molecule has 0 aliphatic rings. The second kappa shape index (κ2) is 6.68. The summed E-state index contributed by atoms with van der Waals surface area (Å²) >= 11 is 0. The summed E-state index contributed by atoms with van der Waals surface area (Å²) < 4.78 is 15.0. The minimum Gasteiger partial charge on any atom is -0.306 e. The van der Waals surface area contributed by atoms with Crippen molar-refractivity contribution >= 4 is 17.4 Å². The van der Waals surface area contributed by atoms with E-state index in [0.29, 0.717) is 17.1 Å². The van der Waals surface area contributed by atoms with Gasteiger partial charge in [0.05, 0.1) is 0 Å². The number of hydrogen-bond acceptors (Lipinski definition) is 2. The molecule has 2 aromatic carbocycles. The SMILES string of the molecule is Cc1ccc(-c2nc3cc(C)ccn3c2NC(=O)c2ccc(F)cc2)cc1. The number of nitrogens with zero attached hydrogens (tertiary/aromatic N) is 2. The van der Waals surface area contributed by atoms with Gasteiger partial charge in [0, 0.05) is 17.3 Å². The molecule has 1 N–H and O–H groups in total. The number of carbonyl (C=O) groups excluding carboxylic acids is 1. The first-order valence-electron chi connectivity index (χ1n) is 8.64. The molecule has 0 spiro atoms. The Labute approximate surface area is 156 Å². The van der Waals surface area contributed by atoms with Gasteiger partial charge in [0.25, 0.3) is 5.91 Å². The first-order chi connectivity index (χ1) is 13.0. The van der Waals surface area contributed by atoms with Gasteiger partial charge in [0.2, 0.25) is 0 Å². The average Bonchev–Trinajstić information content (AvgIpc) is 3.00. The van der Waals surface area contributed by atoms with Crippen LogP contribution in [0.4, 0.5) is 10.2 Å². The molecular formula is C22H18FN3O. The molecule has 0 fully saturated rings. The molecule has 5 heteroatoms. The molecule has 134 valence electrons. The lowest BCUT2D eigenvalue weighted by Gasteiger charge is -2.08. The Morgan fingerprint density at radius 2 is 1.67 bits per heavy atom. The van der Waals surface area contributed by atoms with E-state index in [0.717, 1.165) is 22.3 Å². The van der Waals surface area contributed by atoms with Crippen molar-refractivity contribution in [1.29, 1.82) is 0 Å². The molecule has 0 bridgehead atoms. The van der Waals surface area contributed by atoms with Gasteiger partial charge in [-0.25, -0.2) is 9.37 Å². The summed E-state index contributed by atoms with van der Waals surface area (Å²) in [6, 6.07) is 17.4. The lowest BCUT2D eigenvalue weighted by atomic mass is 10.1. The molecule has 0 aliphatic heterocycles. The predicted octanol–water partition coefficient (Wildman–Crippen LogP) is 5.01. The van der Waals surface area contributed by atoms with Crippen LogP contribution in [0.15, 0.2) is 66.9 Å². The highest BCUT2D eigenvalue weighted by molar-refractivity contribution is 6.05.